The van der Waals surface area contributed by atoms with E-state index in [1.165, 1.54) is 11.1 Å². The number of nitrogens with zero attached hydrogens (tertiary/aromatic N) is 1. The lowest BCUT2D eigenvalue weighted by Crippen LogP contribution is -2.48. The predicted octanol–water partition coefficient (Wildman–Crippen LogP) is 4.26. The van der Waals surface area contributed by atoms with Gasteiger partial charge < -0.3 is 20.1 Å². The maximum atomic E-state index is 12.7. The first-order valence-corrected chi connectivity index (χ1v) is 11.9. The topological polar surface area (TPSA) is 95.9 Å². The number of carbonyl (C=O) groups excluding carboxylic acids is 2. The Kier molecular flexibility index (Phi) is 6.91. The van der Waals surface area contributed by atoms with Crippen molar-refractivity contribution in [1.29, 1.82) is 0 Å². The van der Waals surface area contributed by atoms with Crippen LogP contribution in [0.5, 0.6) is 0 Å². The van der Waals surface area contributed by atoms with E-state index in [9.17, 15) is 19.5 Å². The van der Waals surface area contributed by atoms with Crippen LogP contribution in [0, 0.1) is 11.3 Å². The number of benzene rings is 2. The van der Waals surface area contributed by atoms with Gasteiger partial charge in [-0.25, -0.2) is 4.79 Å². The number of rotatable bonds is 7. The van der Waals surface area contributed by atoms with Crippen molar-refractivity contribution < 1.29 is 24.2 Å². The Morgan fingerprint density at radius 1 is 1.12 bits per heavy atom. The summed E-state index contributed by atoms with van der Waals surface area (Å²) in [6.45, 7) is 4.95. The number of hydrogen-bond acceptors (Lipinski definition) is 4. The lowest BCUT2D eigenvalue weighted by Gasteiger charge is -2.38. The van der Waals surface area contributed by atoms with Crippen LogP contribution >= 0.6 is 0 Å². The van der Waals surface area contributed by atoms with Gasteiger partial charge >= 0.3 is 12.1 Å². The highest BCUT2D eigenvalue weighted by Gasteiger charge is 2.39. The molecule has 0 spiro atoms. The van der Waals surface area contributed by atoms with Gasteiger partial charge in [0.15, 0.2) is 0 Å². The number of carbonyl (C=O) groups is 3. The molecule has 1 aliphatic heterocycles. The van der Waals surface area contributed by atoms with Gasteiger partial charge in [0.25, 0.3) is 0 Å². The molecule has 1 fully saturated rings. The number of fused-ring (bicyclic) bond motifs is 3. The highest BCUT2D eigenvalue weighted by atomic mass is 16.5. The van der Waals surface area contributed by atoms with Gasteiger partial charge in [-0.05, 0) is 47.9 Å². The molecule has 180 valence electrons. The zero-order valence-electron chi connectivity index (χ0n) is 19.8. The van der Waals surface area contributed by atoms with Gasteiger partial charge in [-0.15, -0.1) is 0 Å². The smallest absolute Gasteiger partial charge is 0.407 e. The van der Waals surface area contributed by atoms with E-state index in [4.69, 9.17) is 4.74 Å². The Labute approximate surface area is 200 Å². The summed E-state index contributed by atoms with van der Waals surface area (Å²) >= 11 is 0. The van der Waals surface area contributed by atoms with Crippen LogP contribution in [0.3, 0.4) is 0 Å². The molecular weight excluding hydrogens is 432 g/mol. The van der Waals surface area contributed by atoms with Crippen molar-refractivity contribution in [3.05, 3.63) is 59.7 Å². The van der Waals surface area contributed by atoms with Crippen LogP contribution in [0.4, 0.5) is 4.79 Å². The molecule has 0 radical (unpaired) electrons. The van der Waals surface area contributed by atoms with Crippen molar-refractivity contribution in [3.63, 3.8) is 0 Å². The normalized spacial score (nSPS) is 20.2. The standard InChI is InChI=1S/C27H32N2O5/c1-18(14-24(30)29-13-7-12-27(2,17-29)25(31)32)15-28-26(33)34-16-23-21-10-5-3-8-19(21)20-9-4-6-11-22(20)23/h3-6,8-11,18,23H,7,12-17H2,1-2H3,(H,28,33)(H,31,32). The number of carboxylic acids is 1. The molecule has 0 saturated carbocycles. The molecule has 2 atom stereocenters. The first kappa shape index (κ1) is 23.8. The van der Waals surface area contributed by atoms with Gasteiger partial charge in [-0.3, -0.25) is 9.59 Å². The minimum absolute atomic E-state index is 0.000187. The Morgan fingerprint density at radius 2 is 1.74 bits per heavy atom. The second-order valence-corrected chi connectivity index (χ2v) is 9.80. The van der Waals surface area contributed by atoms with Gasteiger partial charge in [0.1, 0.15) is 6.61 Å². The number of alkyl carbamates (subject to hydrolysis) is 1. The van der Waals surface area contributed by atoms with E-state index in [2.05, 4.69) is 29.6 Å². The van der Waals surface area contributed by atoms with Crippen LogP contribution < -0.4 is 5.32 Å². The molecule has 7 nitrogen and oxygen atoms in total. The summed E-state index contributed by atoms with van der Waals surface area (Å²) in [5.74, 6) is -1.03. The molecule has 2 aromatic rings. The fourth-order valence-electron chi connectivity index (χ4n) is 5.03. The van der Waals surface area contributed by atoms with E-state index in [1.807, 2.05) is 31.2 Å². The third-order valence-electron chi connectivity index (χ3n) is 7.03. The van der Waals surface area contributed by atoms with Crippen LogP contribution in [0.25, 0.3) is 11.1 Å². The van der Waals surface area contributed by atoms with Crippen molar-refractivity contribution in [2.75, 3.05) is 26.2 Å². The van der Waals surface area contributed by atoms with Crippen LogP contribution in [0.15, 0.2) is 48.5 Å². The highest BCUT2D eigenvalue weighted by Crippen LogP contribution is 2.44. The van der Waals surface area contributed by atoms with E-state index in [1.54, 1.807) is 11.8 Å². The molecule has 2 aliphatic rings. The number of hydrogen-bond donors (Lipinski definition) is 2. The second-order valence-electron chi connectivity index (χ2n) is 9.80. The first-order valence-electron chi connectivity index (χ1n) is 11.9. The molecule has 34 heavy (non-hydrogen) atoms. The van der Waals surface area contributed by atoms with Crippen molar-refractivity contribution in [2.45, 2.75) is 39.0 Å². The SMILES string of the molecule is CC(CNC(=O)OCC1c2ccccc2-c2ccccc21)CC(=O)N1CCCC(C)(C(=O)O)C1. The molecule has 1 heterocycles. The zero-order chi connectivity index (χ0) is 24.3. The van der Waals surface area contributed by atoms with Crippen LogP contribution in [0.2, 0.25) is 0 Å². The summed E-state index contributed by atoms with van der Waals surface area (Å²) in [6, 6.07) is 16.4. The highest BCUT2D eigenvalue weighted by molar-refractivity contribution is 5.80. The van der Waals surface area contributed by atoms with Crippen LogP contribution in [-0.4, -0.2) is 54.2 Å². The molecule has 2 amide bonds. The molecule has 1 aliphatic carbocycles. The molecule has 4 rings (SSSR count). The quantitative estimate of drug-likeness (QED) is 0.638. The summed E-state index contributed by atoms with van der Waals surface area (Å²) in [6.07, 6.45) is 1.00. The van der Waals surface area contributed by atoms with E-state index < -0.39 is 17.5 Å². The minimum atomic E-state index is -0.892. The number of nitrogens with one attached hydrogen (secondary N) is 1. The van der Waals surface area contributed by atoms with Crippen molar-refractivity contribution in [3.8, 4) is 11.1 Å². The van der Waals surface area contributed by atoms with Crippen LogP contribution in [0.1, 0.15) is 50.2 Å². The lowest BCUT2D eigenvalue weighted by atomic mass is 9.82. The first-order chi connectivity index (χ1) is 16.3. The summed E-state index contributed by atoms with van der Waals surface area (Å²) in [7, 11) is 0. The number of carboxylic acid groups (broad SMARTS) is 1. The predicted molar refractivity (Wildman–Crippen MR) is 128 cm³/mol. The van der Waals surface area contributed by atoms with Crippen LogP contribution in [-0.2, 0) is 14.3 Å². The number of ether oxygens (including phenoxy) is 1. The van der Waals surface area contributed by atoms with E-state index in [-0.39, 0.29) is 37.3 Å². The summed E-state index contributed by atoms with van der Waals surface area (Å²) in [5, 5.41) is 12.2. The molecule has 0 bridgehead atoms. The van der Waals surface area contributed by atoms with Crippen molar-refractivity contribution >= 4 is 18.0 Å². The van der Waals surface area contributed by atoms with E-state index in [0.29, 0.717) is 25.9 Å². The third kappa shape index (κ3) is 4.93. The van der Waals surface area contributed by atoms with Gasteiger partial charge in [0.05, 0.1) is 5.41 Å². The molecular formula is C27H32N2O5. The average molecular weight is 465 g/mol. The van der Waals surface area contributed by atoms with E-state index in [0.717, 1.165) is 11.1 Å². The maximum absolute atomic E-state index is 12.7. The molecule has 2 unspecified atom stereocenters. The fourth-order valence-corrected chi connectivity index (χ4v) is 5.03. The molecule has 7 heteroatoms. The van der Waals surface area contributed by atoms with Crippen molar-refractivity contribution in [2.24, 2.45) is 11.3 Å². The fraction of sp³-hybridized carbons (Fsp3) is 0.444. The second kappa shape index (κ2) is 9.87. The monoisotopic (exact) mass is 464 g/mol. The number of piperidine rings is 1. The van der Waals surface area contributed by atoms with Gasteiger partial charge in [-0.1, -0.05) is 55.5 Å². The lowest BCUT2D eigenvalue weighted by molar-refractivity contribution is -0.153. The third-order valence-corrected chi connectivity index (χ3v) is 7.03. The Balaban J connectivity index is 1.25. The Hall–Kier alpha value is -3.35. The molecule has 1 saturated heterocycles. The van der Waals surface area contributed by atoms with E-state index >= 15 is 0 Å². The maximum Gasteiger partial charge on any atom is 0.407 e. The van der Waals surface area contributed by atoms with Gasteiger partial charge in [0, 0.05) is 32.0 Å². The minimum Gasteiger partial charge on any atom is -0.481 e. The molecule has 2 N–H and O–H groups in total. The summed E-state index contributed by atoms with van der Waals surface area (Å²) in [4.78, 5) is 38.2. The van der Waals surface area contributed by atoms with Crippen molar-refractivity contribution in [1.82, 2.24) is 10.2 Å². The average Bonchev–Trinajstić information content (AvgIpc) is 3.15. The Morgan fingerprint density at radius 3 is 2.35 bits per heavy atom. The molecule has 0 aromatic heterocycles. The number of aliphatic carboxylic acids is 1. The number of amides is 2. The van der Waals surface area contributed by atoms with Gasteiger partial charge in [0.2, 0.25) is 5.91 Å². The van der Waals surface area contributed by atoms with Gasteiger partial charge in [-0.2, -0.15) is 0 Å². The number of likely N-dealkylation sites (tertiary alicyclic amines) is 1. The molecule has 2 aromatic carbocycles. The Bertz CT molecular complexity index is 1040. The summed E-state index contributed by atoms with van der Waals surface area (Å²) < 4.78 is 5.55. The summed E-state index contributed by atoms with van der Waals surface area (Å²) in [5.41, 5.74) is 3.78. The zero-order valence-corrected chi connectivity index (χ0v) is 19.8. The largest absolute Gasteiger partial charge is 0.481 e.